The molecule has 1 aromatic rings. The van der Waals surface area contributed by atoms with Gasteiger partial charge in [0.1, 0.15) is 11.9 Å². The van der Waals surface area contributed by atoms with Gasteiger partial charge in [0.05, 0.1) is 0 Å². The lowest BCUT2D eigenvalue weighted by Gasteiger charge is -2.35. The Morgan fingerprint density at radius 3 is 2.68 bits per heavy atom. The molecule has 5 nitrogen and oxygen atoms in total. The van der Waals surface area contributed by atoms with Gasteiger partial charge in [-0.3, -0.25) is 9.59 Å². The summed E-state index contributed by atoms with van der Waals surface area (Å²) in [6.45, 7) is 1.52. The Bertz CT molecular complexity index is 475. The van der Waals surface area contributed by atoms with Crippen LogP contribution in [-0.2, 0) is 4.79 Å². The minimum Gasteiger partial charge on any atom is -0.357 e. The number of carbonyl (C=O) groups excluding carboxylic acids is 2. The molecule has 2 N–H and O–H groups in total. The number of rotatable bonds is 2. The van der Waals surface area contributed by atoms with Gasteiger partial charge in [-0.15, -0.1) is 0 Å². The molecule has 1 aliphatic heterocycles. The first-order chi connectivity index (χ1) is 9.13. The van der Waals surface area contributed by atoms with Gasteiger partial charge in [0.15, 0.2) is 0 Å². The van der Waals surface area contributed by atoms with Gasteiger partial charge in [-0.05, 0) is 24.3 Å². The molecule has 102 valence electrons. The summed E-state index contributed by atoms with van der Waals surface area (Å²) in [4.78, 5) is 25.6. The molecule has 0 aromatic heterocycles. The van der Waals surface area contributed by atoms with Crippen molar-refractivity contribution in [3.05, 3.63) is 35.6 Å². The maximum absolute atomic E-state index is 12.9. The van der Waals surface area contributed by atoms with Gasteiger partial charge in [0.2, 0.25) is 5.91 Å². The van der Waals surface area contributed by atoms with Crippen molar-refractivity contribution in [2.45, 2.75) is 6.04 Å². The monoisotopic (exact) mass is 265 g/mol. The summed E-state index contributed by atoms with van der Waals surface area (Å²) in [6.07, 6.45) is 0. The molecule has 0 unspecified atom stereocenters. The van der Waals surface area contributed by atoms with Crippen LogP contribution in [-0.4, -0.2) is 49.4 Å². The van der Waals surface area contributed by atoms with Gasteiger partial charge in [-0.1, -0.05) is 0 Å². The standard InChI is InChI=1S/C13H16FN3O2/c1-15-12(18)11-8-16-6-7-17(11)13(19)9-2-4-10(14)5-3-9/h2-5,11,16H,6-8H2,1H3,(H,15,18)/t11-/m1/s1. The van der Waals surface area contributed by atoms with Gasteiger partial charge in [0, 0.05) is 32.2 Å². The fraction of sp³-hybridized carbons (Fsp3) is 0.385. The number of piperazine rings is 1. The summed E-state index contributed by atoms with van der Waals surface area (Å²) < 4.78 is 12.9. The van der Waals surface area contributed by atoms with E-state index < -0.39 is 6.04 Å². The lowest BCUT2D eigenvalue weighted by Crippen LogP contribution is -2.59. The molecule has 1 aliphatic rings. The normalized spacial score (nSPS) is 19.1. The fourth-order valence-corrected chi connectivity index (χ4v) is 2.11. The van der Waals surface area contributed by atoms with E-state index in [-0.39, 0.29) is 17.6 Å². The molecule has 0 spiro atoms. The van der Waals surface area contributed by atoms with Crippen molar-refractivity contribution in [1.82, 2.24) is 15.5 Å². The summed E-state index contributed by atoms with van der Waals surface area (Å²) in [7, 11) is 1.54. The summed E-state index contributed by atoms with van der Waals surface area (Å²) in [5.41, 5.74) is 0.386. The average Bonchev–Trinajstić information content (AvgIpc) is 2.46. The van der Waals surface area contributed by atoms with Crippen molar-refractivity contribution in [2.24, 2.45) is 0 Å². The zero-order valence-corrected chi connectivity index (χ0v) is 10.6. The van der Waals surface area contributed by atoms with E-state index in [1.54, 1.807) is 0 Å². The number of halogens is 1. The molecular weight excluding hydrogens is 249 g/mol. The van der Waals surface area contributed by atoms with E-state index in [0.717, 1.165) is 0 Å². The van der Waals surface area contributed by atoms with Gasteiger partial charge < -0.3 is 15.5 Å². The van der Waals surface area contributed by atoms with Crippen molar-refractivity contribution >= 4 is 11.8 Å². The molecule has 1 heterocycles. The topological polar surface area (TPSA) is 61.4 Å². The largest absolute Gasteiger partial charge is 0.357 e. The summed E-state index contributed by atoms with van der Waals surface area (Å²) in [6, 6.07) is 4.81. The Hall–Kier alpha value is -1.95. The molecule has 19 heavy (non-hydrogen) atoms. The van der Waals surface area contributed by atoms with E-state index in [0.29, 0.717) is 25.2 Å². The second kappa shape index (κ2) is 5.79. The lowest BCUT2D eigenvalue weighted by atomic mass is 10.1. The van der Waals surface area contributed by atoms with Crippen LogP contribution in [0.15, 0.2) is 24.3 Å². The van der Waals surface area contributed by atoms with Crippen LogP contribution < -0.4 is 10.6 Å². The lowest BCUT2D eigenvalue weighted by molar-refractivity contribution is -0.125. The molecule has 2 rings (SSSR count). The molecule has 0 radical (unpaired) electrons. The first-order valence-corrected chi connectivity index (χ1v) is 6.12. The van der Waals surface area contributed by atoms with Crippen LogP contribution >= 0.6 is 0 Å². The second-order valence-corrected chi connectivity index (χ2v) is 4.34. The van der Waals surface area contributed by atoms with Crippen LogP contribution in [0.4, 0.5) is 4.39 Å². The van der Waals surface area contributed by atoms with Crippen LogP contribution in [0.3, 0.4) is 0 Å². The smallest absolute Gasteiger partial charge is 0.254 e. The van der Waals surface area contributed by atoms with E-state index in [9.17, 15) is 14.0 Å². The molecule has 2 amide bonds. The average molecular weight is 265 g/mol. The number of nitrogens with zero attached hydrogens (tertiary/aromatic N) is 1. The predicted octanol–water partition coefficient (Wildman–Crippen LogP) is -0.0143. The molecule has 1 saturated heterocycles. The zero-order chi connectivity index (χ0) is 13.8. The molecular formula is C13H16FN3O2. The third kappa shape index (κ3) is 2.90. The van der Waals surface area contributed by atoms with Crippen molar-refractivity contribution in [3.8, 4) is 0 Å². The number of hydrogen-bond acceptors (Lipinski definition) is 3. The Morgan fingerprint density at radius 1 is 1.37 bits per heavy atom. The van der Waals surface area contributed by atoms with Crippen LogP contribution in [0.2, 0.25) is 0 Å². The van der Waals surface area contributed by atoms with Crippen LogP contribution in [0, 0.1) is 5.82 Å². The Kier molecular flexibility index (Phi) is 4.11. The molecule has 6 heteroatoms. The maximum atomic E-state index is 12.9. The zero-order valence-electron chi connectivity index (χ0n) is 10.6. The third-order valence-corrected chi connectivity index (χ3v) is 3.14. The number of carbonyl (C=O) groups is 2. The highest BCUT2D eigenvalue weighted by molar-refractivity contribution is 5.97. The minimum atomic E-state index is -0.531. The van der Waals surface area contributed by atoms with Crippen LogP contribution in [0.5, 0.6) is 0 Å². The Balaban J connectivity index is 2.20. The van der Waals surface area contributed by atoms with Crippen molar-refractivity contribution in [1.29, 1.82) is 0 Å². The molecule has 1 atom stereocenters. The molecule has 1 aromatic carbocycles. The SMILES string of the molecule is CNC(=O)[C@H]1CNCCN1C(=O)c1ccc(F)cc1. The maximum Gasteiger partial charge on any atom is 0.254 e. The number of nitrogens with one attached hydrogen (secondary N) is 2. The molecule has 0 aliphatic carbocycles. The van der Waals surface area contributed by atoms with E-state index in [1.165, 1.54) is 36.2 Å². The van der Waals surface area contributed by atoms with E-state index in [2.05, 4.69) is 10.6 Å². The van der Waals surface area contributed by atoms with Gasteiger partial charge in [-0.2, -0.15) is 0 Å². The van der Waals surface area contributed by atoms with E-state index in [4.69, 9.17) is 0 Å². The Labute approximate surface area is 110 Å². The van der Waals surface area contributed by atoms with E-state index >= 15 is 0 Å². The summed E-state index contributed by atoms with van der Waals surface area (Å²) in [5, 5.41) is 5.63. The molecule has 0 saturated carbocycles. The van der Waals surface area contributed by atoms with Crippen molar-refractivity contribution < 1.29 is 14.0 Å². The van der Waals surface area contributed by atoms with Crippen LogP contribution in [0.1, 0.15) is 10.4 Å². The molecule has 1 fully saturated rings. The highest BCUT2D eigenvalue weighted by atomic mass is 19.1. The van der Waals surface area contributed by atoms with Gasteiger partial charge in [0.25, 0.3) is 5.91 Å². The third-order valence-electron chi connectivity index (χ3n) is 3.14. The highest BCUT2D eigenvalue weighted by Gasteiger charge is 2.31. The predicted molar refractivity (Wildman–Crippen MR) is 68.2 cm³/mol. The van der Waals surface area contributed by atoms with Gasteiger partial charge in [-0.25, -0.2) is 4.39 Å². The van der Waals surface area contributed by atoms with E-state index in [1.807, 2.05) is 0 Å². The number of likely N-dealkylation sites (N-methyl/N-ethyl adjacent to an activating group) is 1. The molecule has 0 bridgehead atoms. The quantitative estimate of drug-likeness (QED) is 0.790. The van der Waals surface area contributed by atoms with Gasteiger partial charge >= 0.3 is 0 Å². The number of benzene rings is 1. The fourth-order valence-electron chi connectivity index (χ4n) is 2.11. The minimum absolute atomic E-state index is 0.206. The van der Waals surface area contributed by atoms with Crippen molar-refractivity contribution in [2.75, 3.05) is 26.7 Å². The highest BCUT2D eigenvalue weighted by Crippen LogP contribution is 2.11. The van der Waals surface area contributed by atoms with Crippen molar-refractivity contribution in [3.63, 3.8) is 0 Å². The first kappa shape index (κ1) is 13.5. The Morgan fingerprint density at radius 2 is 2.05 bits per heavy atom. The van der Waals surface area contributed by atoms with Crippen LogP contribution in [0.25, 0.3) is 0 Å². The number of amides is 2. The number of hydrogen-bond donors (Lipinski definition) is 2. The second-order valence-electron chi connectivity index (χ2n) is 4.34. The summed E-state index contributed by atoms with van der Waals surface area (Å²) >= 11 is 0. The first-order valence-electron chi connectivity index (χ1n) is 6.12. The summed E-state index contributed by atoms with van der Waals surface area (Å²) in [5.74, 6) is -0.850.